The van der Waals surface area contributed by atoms with E-state index in [1.54, 1.807) is 0 Å². The summed E-state index contributed by atoms with van der Waals surface area (Å²) in [4.78, 5) is 0. The summed E-state index contributed by atoms with van der Waals surface area (Å²) in [5, 5.41) is 1.17. The second kappa shape index (κ2) is 2.37. The Morgan fingerprint density at radius 2 is 2.50 bits per heavy atom. The maximum Gasteiger partial charge on any atom is 0.00395 e. The molecule has 0 aromatic heterocycles. The molecule has 0 aliphatic heterocycles. The quantitative estimate of drug-likeness (QED) is 0.475. The second-order valence-corrected chi connectivity index (χ2v) is 4.46. The summed E-state index contributed by atoms with van der Waals surface area (Å²) in [6.07, 6.45) is 10.6. The summed E-state index contributed by atoms with van der Waals surface area (Å²) in [6, 6.07) is 0. The zero-order valence-corrected chi connectivity index (χ0v) is 7.73. The second-order valence-electron chi connectivity index (χ2n) is 3.66. The number of hydrogen-bond donors (Lipinski definition) is 0. The van der Waals surface area contributed by atoms with Crippen LogP contribution in [0.5, 0.6) is 0 Å². The minimum atomic E-state index is 0.633. The molecule has 0 saturated heterocycles. The molecule has 0 nitrogen and oxygen atoms in total. The van der Waals surface area contributed by atoms with E-state index in [2.05, 4.69) is 28.1 Å². The summed E-state index contributed by atoms with van der Waals surface area (Å²) in [5.74, 6) is 0.944. The zero-order chi connectivity index (χ0) is 7.03. The van der Waals surface area contributed by atoms with Gasteiger partial charge in [-0.15, -0.1) is 0 Å². The van der Waals surface area contributed by atoms with E-state index in [9.17, 15) is 0 Å². The van der Waals surface area contributed by atoms with Crippen molar-refractivity contribution in [2.45, 2.75) is 25.7 Å². The maximum atomic E-state index is 3.52. The van der Waals surface area contributed by atoms with Crippen molar-refractivity contribution in [2.75, 3.05) is 5.33 Å². The van der Waals surface area contributed by atoms with Crippen molar-refractivity contribution in [3.05, 3.63) is 12.2 Å². The van der Waals surface area contributed by atoms with Crippen molar-refractivity contribution in [1.82, 2.24) is 0 Å². The van der Waals surface area contributed by atoms with Gasteiger partial charge >= 0.3 is 0 Å². The molecule has 1 saturated carbocycles. The van der Waals surface area contributed by atoms with Crippen molar-refractivity contribution in [2.24, 2.45) is 11.3 Å². The third-order valence-electron chi connectivity index (χ3n) is 3.00. The topological polar surface area (TPSA) is 0 Å². The molecule has 2 rings (SSSR count). The van der Waals surface area contributed by atoms with E-state index in [-0.39, 0.29) is 0 Å². The number of fused-ring (bicyclic) bond motifs is 2. The molecule has 10 heavy (non-hydrogen) atoms. The Morgan fingerprint density at radius 3 is 2.90 bits per heavy atom. The molecule has 0 aromatic rings. The number of alkyl halides is 1. The van der Waals surface area contributed by atoms with Gasteiger partial charge in [-0.05, 0) is 37.0 Å². The highest BCUT2D eigenvalue weighted by molar-refractivity contribution is 9.09. The van der Waals surface area contributed by atoms with Crippen LogP contribution in [-0.4, -0.2) is 5.33 Å². The lowest BCUT2D eigenvalue weighted by atomic mass is 9.85. The van der Waals surface area contributed by atoms with Crippen LogP contribution < -0.4 is 0 Å². The molecule has 0 amide bonds. The van der Waals surface area contributed by atoms with Crippen molar-refractivity contribution in [1.29, 1.82) is 0 Å². The number of allylic oxidation sites excluding steroid dienone is 2. The Hall–Kier alpha value is 0.220. The lowest BCUT2D eigenvalue weighted by Crippen LogP contribution is -2.11. The largest absolute Gasteiger partial charge is 0.0928 e. The standard InChI is InChI=1S/C9H13Br/c10-6-5-9-3-1-8(7-9)2-4-9/h1,3,8H,2,4-7H2. The molecule has 0 N–H and O–H groups in total. The normalized spacial score (nSPS) is 43.1. The minimum absolute atomic E-state index is 0.633. The third-order valence-corrected chi connectivity index (χ3v) is 3.39. The summed E-state index contributed by atoms with van der Waals surface area (Å²) < 4.78 is 0. The van der Waals surface area contributed by atoms with Gasteiger partial charge in [0.1, 0.15) is 0 Å². The predicted molar refractivity (Wildman–Crippen MR) is 47.3 cm³/mol. The molecule has 0 aromatic carbocycles. The van der Waals surface area contributed by atoms with Gasteiger partial charge < -0.3 is 0 Å². The highest BCUT2D eigenvalue weighted by Crippen LogP contribution is 2.51. The van der Waals surface area contributed by atoms with Crippen molar-refractivity contribution < 1.29 is 0 Å². The molecule has 2 bridgehead atoms. The Bertz CT molecular complexity index is 162. The molecule has 56 valence electrons. The third kappa shape index (κ3) is 0.952. The molecular weight excluding hydrogens is 188 g/mol. The highest BCUT2D eigenvalue weighted by atomic mass is 79.9. The van der Waals surface area contributed by atoms with Crippen molar-refractivity contribution >= 4 is 15.9 Å². The lowest BCUT2D eigenvalue weighted by molar-refractivity contribution is 0.393. The van der Waals surface area contributed by atoms with E-state index in [0.717, 1.165) is 5.92 Å². The Balaban J connectivity index is 2.09. The van der Waals surface area contributed by atoms with Crippen LogP contribution >= 0.6 is 15.9 Å². The van der Waals surface area contributed by atoms with E-state index in [1.807, 2.05) is 0 Å². The summed E-state index contributed by atoms with van der Waals surface area (Å²) >= 11 is 3.52. The summed E-state index contributed by atoms with van der Waals surface area (Å²) in [5.41, 5.74) is 0.633. The minimum Gasteiger partial charge on any atom is -0.0928 e. The molecule has 0 heterocycles. The van der Waals surface area contributed by atoms with Gasteiger partial charge in [0.05, 0.1) is 0 Å². The predicted octanol–water partition coefficient (Wildman–Crippen LogP) is 3.13. The van der Waals surface area contributed by atoms with E-state index < -0.39 is 0 Å². The number of halogens is 1. The van der Waals surface area contributed by atoms with Crippen LogP contribution in [0.3, 0.4) is 0 Å². The van der Waals surface area contributed by atoms with E-state index in [0.29, 0.717) is 5.41 Å². The first-order chi connectivity index (χ1) is 4.85. The van der Waals surface area contributed by atoms with Gasteiger partial charge in [0, 0.05) is 5.33 Å². The van der Waals surface area contributed by atoms with Crippen LogP contribution in [0.15, 0.2) is 12.2 Å². The fourth-order valence-electron chi connectivity index (χ4n) is 2.35. The molecule has 2 aliphatic rings. The van der Waals surface area contributed by atoms with Crippen LogP contribution in [0.25, 0.3) is 0 Å². The average molecular weight is 201 g/mol. The van der Waals surface area contributed by atoms with E-state index in [1.165, 1.54) is 31.0 Å². The molecule has 1 fully saturated rings. The first-order valence-electron chi connectivity index (χ1n) is 4.10. The highest BCUT2D eigenvalue weighted by Gasteiger charge is 2.39. The fraction of sp³-hybridized carbons (Fsp3) is 0.778. The Labute approximate surface area is 70.8 Å². The molecule has 2 unspecified atom stereocenters. The van der Waals surface area contributed by atoms with Gasteiger partial charge in [-0.2, -0.15) is 0 Å². The molecule has 2 atom stereocenters. The molecule has 2 aliphatic carbocycles. The van der Waals surface area contributed by atoms with Crippen molar-refractivity contribution in [3.63, 3.8) is 0 Å². The van der Waals surface area contributed by atoms with E-state index in [4.69, 9.17) is 0 Å². The Morgan fingerprint density at radius 1 is 1.60 bits per heavy atom. The van der Waals surface area contributed by atoms with Crippen LogP contribution in [0.4, 0.5) is 0 Å². The monoisotopic (exact) mass is 200 g/mol. The molecule has 1 heteroatoms. The lowest BCUT2D eigenvalue weighted by Gasteiger charge is -2.21. The zero-order valence-electron chi connectivity index (χ0n) is 6.15. The fourth-order valence-corrected chi connectivity index (χ4v) is 3.14. The van der Waals surface area contributed by atoms with Crippen LogP contribution in [-0.2, 0) is 0 Å². The van der Waals surface area contributed by atoms with Gasteiger partial charge in [-0.3, -0.25) is 0 Å². The molecule has 0 spiro atoms. The average Bonchev–Trinajstić information content (AvgIpc) is 2.46. The first kappa shape index (κ1) is 6.90. The van der Waals surface area contributed by atoms with Crippen LogP contribution in [0.2, 0.25) is 0 Å². The first-order valence-corrected chi connectivity index (χ1v) is 5.22. The smallest absolute Gasteiger partial charge is 0.00395 e. The SMILES string of the molecule is BrCCC12C=CC(CC1)C2. The van der Waals surface area contributed by atoms with Gasteiger partial charge in [0.25, 0.3) is 0 Å². The van der Waals surface area contributed by atoms with Crippen LogP contribution in [0.1, 0.15) is 25.7 Å². The van der Waals surface area contributed by atoms with Crippen LogP contribution in [0, 0.1) is 11.3 Å². The number of rotatable bonds is 2. The van der Waals surface area contributed by atoms with Gasteiger partial charge in [0.15, 0.2) is 0 Å². The maximum absolute atomic E-state index is 3.52. The van der Waals surface area contributed by atoms with Gasteiger partial charge in [-0.1, -0.05) is 28.1 Å². The van der Waals surface area contributed by atoms with Gasteiger partial charge in [-0.25, -0.2) is 0 Å². The molecular formula is C9H13Br. The van der Waals surface area contributed by atoms with Crippen molar-refractivity contribution in [3.8, 4) is 0 Å². The Kier molecular flexibility index (Phi) is 1.63. The summed E-state index contributed by atoms with van der Waals surface area (Å²) in [7, 11) is 0. The van der Waals surface area contributed by atoms with Gasteiger partial charge in [0.2, 0.25) is 0 Å². The van der Waals surface area contributed by atoms with E-state index >= 15 is 0 Å². The summed E-state index contributed by atoms with van der Waals surface area (Å²) in [6.45, 7) is 0. The number of hydrogen-bond acceptors (Lipinski definition) is 0. The molecule has 0 radical (unpaired) electrons.